The standard InChI is InChI=1S/C20H16F2N2O3S2/c21-15-7-3-8-16(22)19(15)23-20(25)17-11-13-5-1-2-6-14(13)12-24(17)29(26,27)18-9-4-10-28-18/h1-10,17H,11-12H2,(H,23,25)/t17-/m0/s1. The van der Waals surface area contributed by atoms with Crippen molar-refractivity contribution in [2.75, 3.05) is 5.32 Å². The largest absolute Gasteiger partial charge is 0.320 e. The van der Waals surface area contributed by atoms with Gasteiger partial charge >= 0.3 is 0 Å². The number of hydrogen-bond acceptors (Lipinski definition) is 4. The second-order valence-corrected chi connectivity index (χ2v) is 9.62. The van der Waals surface area contributed by atoms with E-state index in [1.807, 2.05) is 6.07 Å². The lowest BCUT2D eigenvalue weighted by atomic mass is 9.95. The summed E-state index contributed by atoms with van der Waals surface area (Å²) in [5.41, 5.74) is 1.01. The number of anilines is 1. The number of fused-ring (bicyclic) bond motifs is 1. The summed E-state index contributed by atoms with van der Waals surface area (Å²) in [6.07, 6.45) is 0.0999. The monoisotopic (exact) mass is 434 g/mol. The smallest absolute Gasteiger partial charge is 0.253 e. The Bertz CT molecular complexity index is 1140. The Hall–Kier alpha value is -2.62. The van der Waals surface area contributed by atoms with Crippen LogP contribution in [0.15, 0.2) is 64.2 Å². The molecule has 1 amide bonds. The molecule has 1 atom stereocenters. The molecule has 4 rings (SSSR count). The van der Waals surface area contributed by atoms with Crippen LogP contribution in [0.3, 0.4) is 0 Å². The van der Waals surface area contributed by atoms with Crippen molar-refractivity contribution in [1.82, 2.24) is 4.31 Å². The van der Waals surface area contributed by atoms with Crippen molar-refractivity contribution in [3.05, 3.63) is 82.7 Å². The average molecular weight is 434 g/mol. The Kier molecular flexibility index (Phi) is 5.20. The maximum atomic E-state index is 14.0. The summed E-state index contributed by atoms with van der Waals surface area (Å²) in [7, 11) is -3.96. The summed E-state index contributed by atoms with van der Waals surface area (Å²) in [5.74, 6) is -2.65. The molecule has 2 heterocycles. The van der Waals surface area contributed by atoms with E-state index in [0.717, 1.165) is 38.9 Å². The van der Waals surface area contributed by atoms with Crippen LogP contribution >= 0.6 is 11.3 Å². The molecule has 0 saturated carbocycles. The maximum absolute atomic E-state index is 14.0. The maximum Gasteiger partial charge on any atom is 0.253 e. The number of amides is 1. The zero-order valence-corrected chi connectivity index (χ0v) is 16.6. The normalized spacial score (nSPS) is 17.0. The lowest BCUT2D eigenvalue weighted by Gasteiger charge is -2.34. The predicted molar refractivity (Wildman–Crippen MR) is 106 cm³/mol. The van der Waals surface area contributed by atoms with E-state index in [9.17, 15) is 22.0 Å². The highest BCUT2D eigenvalue weighted by Crippen LogP contribution is 2.31. The van der Waals surface area contributed by atoms with Gasteiger partial charge in [0, 0.05) is 6.54 Å². The number of para-hydroxylation sites is 1. The molecule has 0 radical (unpaired) electrons. The van der Waals surface area contributed by atoms with Crippen LogP contribution in [-0.2, 0) is 27.8 Å². The van der Waals surface area contributed by atoms with Gasteiger partial charge in [0.15, 0.2) is 0 Å². The van der Waals surface area contributed by atoms with Gasteiger partial charge < -0.3 is 5.32 Å². The van der Waals surface area contributed by atoms with Crippen LogP contribution < -0.4 is 5.32 Å². The summed E-state index contributed by atoms with van der Waals surface area (Å²) in [6.45, 7) is -0.00571. The molecule has 1 aromatic heterocycles. The van der Waals surface area contributed by atoms with Crippen LogP contribution in [0.25, 0.3) is 0 Å². The SMILES string of the molecule is O=C(Nc1c(F)cccc1F)[C@@H]1Cc2ccccc2CN1S(=O)(=O)c1cccs1. The second-order valence-electron chi connectivity index (χ2n) is 6.56. The van der Waals surface area contributed by atoms with Gasteiger partial charge in [0.05, 0.1) is 0 Å². The van der Waals surface area contributed by atoms with Gasteiger partial charge in [-0.2, -0.15) is 4.31 Å². The molecule has 9 heteroatoms. The van der Waals surface area contributed by atoms with Gasteiger partial charge in [-0.1, -0.05) is 36.4 Å². The molecule has 1 aliphatic rings. The van der Waals surface area contributed by atoms with Gasteiger partial charge in [-0.25, -0.2) is 17.2 Å². The lowest BCUT2D eigenvalue weighted by molar-refractivity contribution is -0.120. The van der Waals surface area contributed by atoms with E-state index >= 15 is 0 Å². The molecule has 29 heavy (non-hydrogen) atoms. The molecule has 0 spiro atoms. The molecule has 0 aliphatic carbocycles. The third-order valence-corrected chi connectivity index (χ3v) is 8.00. The average Bonchev–Trinajstić information content (AvgIpc) is 3.25. The van der Waals surface area contributed by atoms with Gasteiger partial charge in [0.2, 0.25) is 5.91 Å². The number of carbonyl (C=O) groups is 1. The van der Waals surface area contributed by atoms with Gasteiger partial charge in [0.25, 0.3) is 10.0 Å². The van der Waals surface area contributed by atoms with Crippen LogP contribution in [-0.4, -0.2) is 24.7 Å². The van der Waals surface area contributed by atoms with E-state index in [-0.39, 0.29) is 17.2 Å². The molecule has 0 fully saturated rings. The number of benzene rings is 2. The number of rotatable bonds is 4. The van der Waals surface area contributed by atoms with Crippen molar-refractivity contribution in [3.8, 4) is 0 Å². The minimum Gasteiger partial charge on any atom is -0.320 e. The van der Waals surface area contributed by atoms with Crippen molar-refractivity contribution in [1.29, 1.82) is 0 Å². The molecule has 0 saturated heterocycles. The Balaban J connectivity index is 1.73. The van der Waals surface area contributed by atoms with Crippen molar-refractivity contribution >= 4 is 33.0 Å². The lowest BCUT2D eigenvalue weighted by Crippen LogP contribution is -2.50. The zero-order chi connectivity index (χ0) is 20.6. The zero-order valence-electron chi connectivity index (χ0n) is 15.0. The first-order valence-electron chi connectivity index (χ1n) is 8.75. The van der Waals surface area contributed by atoms with Crippen LogP contribution in [0.2, 0.25) is 0 Å². The van der Waals surface area contributed by atoms with Crippen LogP contribution in [0.5, 0.6) is 0 Å². The topological polar surface area (TPSA) is 66.5 Å². The molecule has 3 aromatic rings. The first-order chi connectivity index (χ1) is 13.9. The highest BCUT2D eigenvalue weighted by atomic mass is 32.2. The van der Waals surface area contributed by atoms with Crippen LogP contribution in [0.1, 0.15) is 11.1 Å². The van der Waals surface area contributed by atoms with E-state index in [1.165, 1.54) is 12.1 Å². The van der Waals surface area contributed by atoms with E-state index < -0.39 is 39.3 Å². The third kappa shape index (κ3) is 3.68. The van der Waals surface area contributed by atoms with Gasteiger partial charge in [0.1, 0.15) is 27.6 Å². The number of nitrogens with zero attached hydrogens (tertiary/aromatic N) is 1. The Morgan fingerprint density at radius 1 is 1.00 bits per heavy atom. The van der Waals surface area contributed by atoms with Gasteiger partial charge in [-0.05, 0) is 41.1 Å². The summed E-state index contributed by atoms with van der Waals surface area (Å²) < 4.78 is 55.5. The summed E-state index contributed by atoms with van der Waals surface area (Å²) in [6, 6.07) is 12.4. The molecule has 1 aliphatic heterocycles. The fourth-order valence-electron chi connectivity index (χ4n) is 3.32. The quantitative estimate of drug-likeness (QED) is 0.680. The van der Waals surface area contributed by atoms with E-state index in [2.05, 4.69) is 5.32 Å². The summed E-state index contributed by atoms with van der Waals surface area (Å²) in [4.78, 5) is 13.0. The summed E-state index contributed by atoms with van der Waals surface area (Å²) in [5, 5.41) is 3.87. The minimum absolute atomic E-state index is 0.00571. The molecule has 150 valence electrons. The molecular formula is C20H16F2N2O3S2. The van der Waals surface area contributed by atoms with Crippen molar-refractivity contribution in [3.63, 3.8) is 0 Å². The minimum atomic E-state index is -3.96. The van der Waals surface area contributed by atoms with Crippen LogP contribution in [0, 0.1) is 11.6 Å². The second kappa shape index (κ2) is 7.66. The van der Waals surface area contributed by atoms with E-state index in [4.69, 9.17) is 0 Å². The molecule has 5 nitrogen and oxygen atoms in total. The molecular weight excluding hydrogens is 418 g/mol. The highest BCUT2D eigenvalue weighted by molar-refractivity contribution is 7.91. The Morgan fingerprint density at radius 2 is 1.69 bits per heavy atom. The Labute approximate surface area is 170 Å². The highest BCUT2D eigenvalue weighted by Gasteiger charge is 2.40. The first-order valence-corrected chi connectivity index (χ1v) is 11.1. The van der Waals surface area contributed by atoms with Crippen molar-refractivity contribution in [2.45, 2.75) is 23.2 Å². The van der Waals surface area contributed by atoms with Gasteiger partial charge in [-0.3, -0.25) is 4.79 Å². The summed E-state index contributed by atoms with van der Waals surface area (Å²) >= 11 is 1.05. The molecule has 2 aromatic carbocycles. The fourth-order valence-corrected chi connectivity index (χ4v) is 6.01. The van der Waals surface area contributed by atoms with E-state index in [0.29, 0.717) is 0 Å². The van der Waals surface area contributed by atoms with Gasteiger partial charge in [-0.15, -0.1) is 11.3 Å². The number of halogens is 2. The predicted octanol–water partition coefficient (Wildman–Crippen LogP) is 3.78. The number of sulfonamides is 1. The third-order valence-electron chi connectivity index (χ3n) is 4.78. The number of nitrogens with one attached hydrogen (secondary N) is 1. The van der Waals surface area contributed by atoms with Crippen LogP contribution in [0.4, 0.5) is 14.5 Å². The Morgan fingerprint density at radius 3 is 2.34 bits per heavy atom. The number of carbonyl (C=O) groups excluding carboxylic acids is 1. The number of hydrogen-bond donors (Lipinski definition) is 1. The molecule has 0 bridgehead atoms. The van der Waals surface area contributed by atoms with Crippen molar-refractivity contribution in [2.24, 2.45) is 0 Å². The fraction of sp³-hybridized carbons (Fsp3) is 0.150. The molecule has 1 N–H and O–H groups in total. The first kappa shape index (κ1) is 19.7. The number of thiophene rings is 1. The van der Waals surface area contributed by atoms with Crippen molar-refractivity contribution < 1.29 is 22.0 Å². The molecule has 0 unspecified atom stereocenters. The van der Waals surface area contributed by atoms with E-state index in [1.54, 1.807) is 29.6 Å².